The third-order valence-electron chi connectivity index (χ3n) is 3.54. The lowest BCUT2D eigenvalue weighted by Crippen LogP contribution is -2.13. The summed E-state index contributed by atoms with van der Waals surface area (Å²) in [5, 5.41) is 12.0. The monoisotopic (exact) mass is 321 g/mol. The van der Waals surface area contributed by atoms with Gasteiger partial charge in [0.25, 0.3) is 5.91 Å². The number of amides is 1. The van der Waals surface area contributed by atoms with Crippen LogP contribution in [0.4, 0.5) is 5.69 Å². The second kappa shape index (κ2) is 6.37. The van der Waals surface area contributed by atoms with Crippen molar-refractivity contribution in [1.82, 2.24) is 9.55 Å². The summed E-state index contributed by atoms with van der Waals surface area (Å²) >= 11 is 0. The molecule has 1 aromatic heterocycles. The van der Waals surface area contributed by atoms with E-state index >= 15 is 0 Å². The average molecular weight is 321 g/mol. The molecule has 2 aromatic carbocycles. The summed E-state index contributed by atoms with van der Waals surface area (Å²) in [5.74, 6) is -1.36. The fourth-order valence-corrected chi connectivity index (χ4v) is 2.28. The molecule has 3 rings (SSSR count). The summed E-state index contributed by atoms with van der Waals surface area (Å²) in [5.41, 5.74) is 2.66. The number of carboxylic acid groups (broad SMARTS) is 1. The number of nitrogens with one attached hydrogen (secondary N) is 1. The van der Waals surface area contributed by atoms with Gasteiger partial charge in [0.1, 0.15) is 0 Å². The number of carboxylic acids is 1. The van der Waals surface area contributed by atoms with Crippen LogP contribution in [0, 0.1) is 6.92 Å². The average Bonchev–Trinajstić information content (AvgIpc) is 3.09. The number of imidazole rings is 1. The summed E-state index contributed by atoms with van der Waals surface area (Å²) < 4.78 is 1.67. The molecular formula is C18H15N3O3. The molecule has 24 heavy (non-hydrogen) atoms. The molecule has 0 aliphatic heterocycles. The van der Waals surface area contributed by atoms with Crippen molar-refractivity contribution < 1.29 is 14.7 Å². The van der Waals surface area contributed by atoms with Crippen LogP contribution in [0.15, 0.2) is 61.2 Å². The number of hydrogen-bond acceptors (Lipinski definition) is 3. The molecule has 0 atom stereocenters. The summed E-state index contributed by atoms with van der Waals surface area (Å²) in [6, 6.07) is 11.8. The van der Waals surface area contributed by atoms with Crippen molar-refractivity contribution in [1.29, 1.82) is 0 Å². The third-order valence-corrected chi connectivity index (χ3v) is 3.54. The molecule has 6 heteroatoms. The zero-order valence-corrected chi connectivity index (χ0v) is 12.9. The van der Waals surface area contributed by atoms with E-state index in [2.05, 4.69) is 10.3 Å². The fourth-order valence-electron chi connectivity index (χ4n) is 2.28. The van der Waals surface area contributed by atoms with E-state index in [1.165, 1.54) is 12.1 Å². The number of carbonyl (C=O) groups is 2. The number of anilines is 1. The summed E-state index contributed by atoms with van der Waals surface area (Å²) in [7, 11) is 0. The smallest absolute Gasteiger partial charge is 0.335 e. The quantitative estimate of drug-likeness (QED) is 0.773. The van der Waals surface area contributed by atoms with Crippen molar-refractivity contribution in [2.24, 2.45) is 0 Å². The molecule has 0 saturated heterocycles. The van der Waals surface area contributed by atoms with Crippen molar-refractivity contribution in [2.75, 3.05) is 5.32 Å². The van der Waals surface area contributed by atoms with E-state index in [4.69, 9.17) is 0 Å². The zero-order chi connectivity index (χ0) is 17.1. The van der Waals surface area contributed by atoms with Crippen LogP contribution in [0.25, 0.3) is 5.69 Å². The van der Waals surface area contributed by atoms with Gasteiger partial charge in [0.05, 0.1) is 11.9 Å². The Morgan fingerprint density at radius 3 is 2.46 bits per heavy atom. The number of nitrogens with zero attached hydrogens (tertiary/aromatic N) is 2. The van der Waals surface area contributed by atoms with Gasteiger partial charge in [0.2, 0.25) is 0 Å². The van der Waals surface area contributed by atoms with Crippen LogP contribution >= 0.6 is 0 Å². The predicted octanol–water partition coefficient (Wildman–Crippen LogP) is 3.13. The molecule has 0 bridgehead atoms. The molecule has 0 aliphatic carbocycles. The first kappa shape index (κ1) is 15.5. The normalized spacial score (nSPS) is 10.4. The van der Waals surface area contributed by atoms with E-state index in [1.807, 2.05) is 19.1 Å². The Balaban J connectivity index is 1.93. The predicted molar refractivity (Wildman–Crippen MR) is 89.7 cm³/mol. The second-order valence-corrected chi connectivity index (χ2v) is 5.36. The largest absolute Gasteiger partial charge is 0.478 e. The van der Waals surface area contributed by atoms with Crippen LogP contribution in [0.5, 0.6) is 0 Å². The van der Waals surface area contributed by atoms with Gasteiger partial charge in [0.15, 0.2) is 0 Å². The van der Waals surface area contributed by atoms with Crippen LogP contribution in [-0.2, 0) is 0 Å². The Morgan fingerprint density at radius 2 is 1.83 bits per heavy atom. The molecular weight excluding hydrogens is 306 g/mol. The molecule has 0 saturated carbocycles. The highest BCUT2D eigenvalue weighted by atomic mass is 16.4. The number of aryl methyl sites for hydroxylation is 1. The van der Waals surface area contributed by atoms with Gasteiger partial charge >= 0.3 is 5.97 Å². The first-order valence-corrected chi connectivity index (χ1v) is 7.28. The molecule has 0 unspecified atom stereocenters. The lowest BCUT2D eigenvalue weighted by Gasteiger charge is -2.10. The highest BCUT2D eigenvalue weighted by molar-refractivity contribution is 6.05. The second-order valence-electron chi connectivity index (χ2n) is 5.36. The minimum atomic E-state index is -1.07. The van der Waals surface area contributed by atoms with Crippen LogP contribution in [0.3, 0.4) is 0 Å². The van der Waals surface area contributed by atoms with Crippen LogP contribution in [0.2, 0.25) is 0 Å². The molecule has 1 heterocycles. The van der Waals surface area contributed by atoms with Crippen molar-refractivity contribution in [3.63, 3.8) is 0 Å². The summed E-state index contributed by atoms with van der Waals surface area (Å²) in [6.07, 6.45) is 4.86. The van der Waals surface area contributed by atoms with Crippen molar-refractivity contribution in [3.8, 4) is 5.69 Å². The molecule has 0 aliphatic rings. The van der Waals surface area contributed by atoms with Gasteiger partial charge in [-0.05, 0) is 37.3 Å². The van der Waals surface area contributed by atoms with Crippen molar-refractivity contribution in [2.45, 2.75) is 6.92 Å². The lowest BCUT2D eigenvalue weighted by molar-refractivity contribution is 0.0696. The standard InChI is InChI=1S/C18H15N3O3/c1-12-2-4-13(5-3-12)17(22)20-15-8-14(18(23)24)9-16(10-15)21-7-6-19-11-21/h2-11H,1H3,(H,20,22)(H,23,24). The molecule has 0 spiro atoms. The van der Waals surface area contributed by atoms with Gasteiger partial charge in [-0.1, -0.05) is 17.7 Å². The summed E-state index contributed by atoms with van der Waals surface area (Å²) in [4.78, 5) is 27.6. The highest BCUT2D eigenvalue weighted by Gasteiger charge is 2.11. The Labute approximate surface area is 138 Å². The van der Waals surface area contributed by atoms with E-state index in [1.54, 1.807) is 41.5 Å². The van der Waals surface area contributed by atoms with Crippen LogP contribution in [-0.4, -0.2) is 26.5 Å². The minimum absolute atomic E-state index is 0.0837. The van der Waals surface area contributed by atoms with E-state index in [9.17, 15) is 14.7 Å². The maximum Gasteiger partial charge on any atom is 0.335 e. The van der Waals surface area contributed by atoms with Gasteiger partial charge in [-0.3, -0.25) is 4.79 Å². The van der Waals surface area contributed by atoms with E-state index in [0.29, 0.717) is 16.9 Å². The molecule has 0 radical (unpaired) electrons. The number of aromatic nitrogens is 2. The highest BCUT2D eigenvalue weighted by Crippen LogP contribution is 2.19. The first-order chi connectivity index (χ1) is 11.5. The number of benzene rings is 2. The number of rotatable bonds is 4. The van der Waals surface area contributed by atoms with Gasteiger partial charge in [-0.2, -0.15) is 0 Å². The Bertz CT molecular complexity index is 884. The SMILES string of the molecule is Cc1ccc(C(=O)Nc2cc(C(=O)O)cc(-n3ccnc3)c2)cc1. The van der Waals surface area contributed by atoms with Crippen molar-refractivity contribution in [3.05, 3.63) is 77.9 Å². The molecule has 3 aromatic rings. The fraction of sp³-hybridized carbons (Fsp3) is 0.0556. The number of aromatic carboxylic acids is 1. The third kappa shape index (κ3) is 3.33. The topological polar surface area (TPSA) is 84.2 Å². The Kier molecular flexibility index (Phi) is 4.11. The minimum Gasteiger partial charge on any atom is -0.478 e. The number of carbonyl (C=O) groups excluding carboxylic acids is 1. The van der Waals surface area contributed by atoms with Crippen molar-refractivity contribution >= 4 is 17.6 Å². The number of hydrogen-bond donors (Lipinski definition) is 2. The first-order valence-electron chi connectivity index (χ1n) is 7.28. The van der Waals surface area contributed by atoms with Crippen LogP contribution in [0.1, 0.15) is 26.3 Å². The Hall–Kier alpha value is -3.41. The molecule has 0 fully saturated rings. The zero-order valence-electron chi connectivity index (χ0n) is 12.9. The maximum atomic E-state index is 12.3. The van der Waals surface area contributed by atoms with Gasteiger partial charge in [-0.25, -0.2) is 9.78 Å². The molecule has 6 nitrogen and oxygen atoms in total. The molecule has 2 N–H and O–H groups in total. The molecule has 120 valence electrons. The van der Waals surface area contributed by atoms with Gasteiger partial charge < -0.3 is 15.0 Å². The Morgan fingerprint density at radius 1 is 1.08 bits per heavy atom. The van der Waals surface area contributed by atoms with E-state index in [0.717, 1.165) is 5.56 Å². The molecule has 1 amide bonds. The van der Waals surface area contributed by atoms with Crippen LogP contribution < -0.4 is 5.32 Å². The van der Waals surface area contributed by atoms with Gasteiger partial charge in [0, 0.05) is 29.3 Å². The van der Waals surface area contributed by atoms with E-state index in [-0.39, 0.29) is 11.5 Å². The summed E-state index contributed by atoms with van der Waals surface area (Å²) in [6.45, 7) is 1.94. The maximum absolute atomic E-state index is 12.3. The van der Waals surface area contributed by atoms with E-state index < -0.39 is 5.97 Å². The van der Waals surface area contributed by atoms with Gasteiger partial charge in [-0.15, -0.1) is 0 Å². The lowest BCUT2D eigenvalue weighted by atomic mass is 10.1.